The molecule has 1 aromatic heterocycles. The largest absolute Gasteiger partial charge is 0.361 e. The second-order valence-electron chi connectivity index (χ2n) is 5.17. The number of hydrazine groups is 1. The van der Waals surface area contributed by atoms with Crippen molar-refractivity contribution in [3.8, 4) is 0 Å². The molecule has 0 unspecified atom stereocenters. The van der Waals surface area contributed by atoms with Gasteiger partial charge < -0.3 is 4.98 Å². The summed E-state index contributed by atoms with van der Waals surface area (Å²) >= 11 is 7.97. The van der Waals surface area contributed by atoms with Gasteiger partial charge in [0.1, 0.15) is 0 Å². The third-order valence-corrected chi connectivity index (χ3v) is 5.06. The average molecular weight is 454 g/mol. The number of rotatable bonds is 3. The quantitative estimate of drug-likeness (QED) is 0.420. The van der Waals surface area contributed by atoms with E-state index in [1.807, 2.05) is 46.9 Å². The summed E-state index contributed by atoms with van der Waals surface area (Å²) in [5.41, 5.74) is 7.11. The van der Waals surface area contributed by atoms with Gasteiger partial charge in [0.05, 0.1) is 11.4 Å². The lowest BCUT2D eigenvalue weighted by molar-refractivity contribution is -0.121. The number of halogens is 2. The summed E-state index contributed by atoms with van der Waals surface area (Å²) in [5.74, 6) is -0.686. The fourth-order valence-corrected chi connectivity index (χ4v) is 2.96. The highest BCUT2D eigenvalue weighted by Crippen LogP contribution is 2.19. The minimum atomic E-state index is -0.392. The molecule has 2 amide bonds. The second-order valence-corrected chi connectivity index (χ2v) is 6.74. The van der Waals surface area contributed by atoms with E-state index in [9.17, 15) is 9.59 Å². The normalized spacial score (nSPS) is 10.6. The number of aromatic nitrogens is 1. The molecular formula is C17H13ClIN3O2. The molecule has 0 saturated heterocycles. The van der Waals surface area contributed by atoms with Gasteiger partial charge in [0.15, 0.2) is 0 Å². The highest BCUT2D eigenvalue weighted by Gasteiger charge is 2.11. The number of hydrogen-bond acceptors (Lipinski definition) is 2. The number of benzene rings is 2. The third kappa shape index (κ3) is 3.70. The molecule has 0 aliphatic rings. The van der Waals surface area contributed by atoms with E-state index < -0.39 is 5.91 Å². The van der Waals surface area contributed by atoms with Gasteiger partial charge in [0.2, 0.25) is 5.91 Å². The van der Waals surface area contributed by atoms with Crippen LogP contribution in [0.2, 0.25) is 5.02 Å². The molecule has 0 atom stereocenters. The fourth-order valence-electron chi connectivity index (χ4n) is 2.33. The van der Waals surface area contributed by atoms with Crippen molar-refractivity contribution in [2.24, 2.45) is 0 Å². The Kier molecular flexibility index (Phi) is 5.06. The molecule has 3 N–H and O–H groups in total. The first-order chi connectivity index (χ1) is 11.5. The zero-order valence-electron chi connectivity index (χ0n) is 12.4. The molecular weight excluding hydrogens is 441 g/mol. The van der Waals surface area contributed by atoms with Crippen LogP contribution in [0.3, 0.4) is 0 Å². The zero-order chi connectivity index (χ0) is 17.1. The maximum absolute atomic E-state index is 12.0. The topological polar surface area (TPSA) is 74.0 Å². The maximum atomic E-state index is 12.0. The summed E-state index contributed by atoms with van der Waals surface area (Å²) in [4.78, 5) is 27.2. The molecule has 0 aliphatic heterocycles. The Morgan fingerprint density at radius 1 is 1.12 bits per heavy atom. The van der Waals surface area contributed by atoms with Crippen LogP contribution >= 0.6 is 34.2 Å². The van der Waals surface area contributed by atoms with Crippen molar-refractivity contribution >= 4 is 56.9 Å². The van der Waals surface area contributed by atoms with E-state index in [0.29, 0.717) is 10.6 Å². The van der Waals surface area contributed by atoms with E-state index in [1.165, 1.54) is 0 Å². The Balaban J connectivity index is 1.61. The Hall–Kier alpha value is -2.06. The Bertz CT molecular complexity index is 923. The zero-order valence-corrected chi connectivity index (χ0v) is 15.3. The van der Waals surface area contributed by atoms with E-state index in [0.717, 1.165) is 20.0 Å². The van der Waals surface area contributed by atoms with Crippen LogP contribution in [0, 0.1) is 3.57 Å². The van der Waals surface area contributed by atoms with Gasteiger partial charge in [-0.3, -0.25) is 20.4 Å². The van der Waals surface area contributed by atoms with Crippen molar-refractivity contribution in [3.05, 3.63) is 68.4 Å². The lowest BCUT2D eigenvalue weighted by atomic mass is 10.1. The Morgan fingerprint density at radius 2 is 1.92 bits per heavy atom. The van der Waals surface area contributed by atoms with Crippen LogP contribution in [-0.4, -0.2) is 16.8 Å². The first-order valence-electron chi connectivity index (χ1n) is 7.14. The van der Waals surface area contributed by atoms with Crippen molar-refractivity contribution in [2.75, 3.05) is 0 Å². The third-order valence-electron chi connectivity index (χ3n) is 3.52. The minimum Gasteiger partial charge on any atom is -0.361 e. The van der Waals surface area contributed by atoms with Gasteiger partial charge in [0, 0.05) is 26.2 Å². The number of aromatic amines is 1. The Morgan fingerprint density at radius 3 is 2.71 bits per heavy atom. The lowest BCUT2D eigenvalue weighted by Gasteiger charge is -2.08. The van der Waals surface area contributed by atoms with Crippen molar-refractivity contribution in [2.45, 2.75) is 6.42 Å². The van der Waals surface area contributed by atoms with Crippen molar-refractivity contribution in [1.29, 1.82) is 0 Å². The van der Waals surface area contributed by atoms with Crippen molar-refractivity contribution < 1.29 is 9.59 Å². The molecule has 24 heavy (non-hydrogen) atoms. The van der Waals surface area contributed by atoms with Crippen LogP contribution in [-0.2, 0) is 11.2 Å². The summed E-state index contributed by atoms with van der Waals surface area (Å²) in [6.07, 6.45) is 1.97. The second kappa shape index (κ2) is 7.23. The standard InChI is InChI=1S/C17H13ClIN3O2/c18-13-6-5-10(7-14(13)19)17(24)22-21-16(23)8-11-9-20-15-4-2-1-3-12(11)15/h1-7,9,20H,8H2,(H,21,23)(H,22,24). The molecule has 0 saturated carbocycles. The van der Waals surface area contributed by atoms with E-state index in [4.69, 9.17) is 11.6 Å². The number of carbonyl (C=O) groups is 2. The summed E-state index contributed by atoms with van der Waals surface area (Å²) < 4.78 is 0.770. The van der Waals surface area contributed by atoms with Crippen molar-refractivity contribution in [1.82, 2.24) is 15.8 Å². The molecule has 3 aromatic rings. The maximum Gasteiger partial charge on any atom is 0.269 e. The Labute approximate surface area is 156 Å². The highest BCUT2D eigenvalue weighted by molar-refractivity contribution is 14.1. The van der Waals surface area contributed by atoms with Gasteiger partial charge in [-0.05, 0) is 52.4 Å². The molecule has 1 heterocycles. The summed E-state index contributed by atoms with van der Waals surface area (Å²) in [5, 5.41) is 1.57. The first kappa shape index (κ1) is 16.8. The molecule has 0 radical (unpaired) electrons. The molecule has 3 rings (SSSR count). The summed E-state index contributed by atoms with van der Waals surface area (Å²) in [7, 11) is 0. The van der Waals surface area contributed by atoms with Crippen LogP contribution in [0.5, 0.6) is 0 Å². The smallest absolute Gasteiger partial charge is 0.269 e. The van der Waals surface area contributed by atoms with Gasteiger partial charge >= 0.3 is 0 Å². The molecule has 0 aliphatic carbocycles. The highest BCUT2D eigenvalue weighted by atomic mass is 127. The number of fused-ring (bicyclic) bond motifs is 1. The van der Waals surface area contributed by atoms with E-state index >= 15 is 0 Å². The number of H-pyrrole nitrogens is 1. The molecule has 0 spiro atoms. The van der Waals surface area contributed by atoms with Crippen LogP contribution in [0.4, 0.5) is 0 Å². The number of carbonyl (C=O) groups excluding carboxylic acids is 2. The predicted octanol–water partition coefficient (Wildman–Crippen LogP) is 3.43. The lowest BCUT2D eigenvalue weighted by Crippen LogP contribution is -2.42. The van der Waals surface area contributed by atoms with Gasteiger partial charge in [-0.25, -0.2) is 0 Å². The molecule has 0 fully saturated rings. The molecule has 2 aromatic carbocycles. The SMILES string of the molecule is O=C(Cc1c[nH]c2ccccc12)NNC(=O)c1ccc(Cl)c(I)c1. The van der Waals surface area contributed by atoms with Gasteiger partial charge in [0.25, 0.3) is 5.91 Å². The number of para-hydroxylation sites is 1. The summed E-state index contributed by atoms with van der Waals surface area (Å²) in [6, 6.07) is 12.6. The number of nitrogens with one attached hydrogen (secondary N) is 3. The van der Waals surface area contributed by atoms with Crippen LogP contribution in [0.1, 0.15) is 15.9 Å². The van der Waals surface area contributed by atoms with Gasteiger partial charge in [-0.1, -0.05) is 29.8 Å². The van der Waals surface area contributed by atoms with E-state index in [1.54, 1.807) is 24.4 Å². The summed E-state index contributed by atoms with van der Waals surface area (Å²) in [6.45, 7) is 0. The van der Waals surface area contributed by atoms with E-state index in [-0.39, 0.29) is 12.3 Å². The average Bonchev–Trinajstić information content (AvgIpc) is 2.98. The number of amides is 2. The van der Waals surface area contributed by atoms with Crippen LogP contribution in [0.15, 0.2) is 48.7 Å². The van der Waals surface area contributed by atoms with Gasteiger partial charge in [-0.2, -0.15) is 0 Å². The minimum absolute atomic E-state index is 0.169. The molecule has 7 heteroatoms. The predicted molar refractivity (Wildman–Crippen MR) is 102 cm³/mol. The molecule has 122 valence electrons. The van der Waals surface area contributed by atoms with Crippen molar-refractivity contribution in [3.63, 3.8) is 0 Å². The van der Waals surface area contributed by atoms with E-state index in [2.05, 4.69) is 15.8 Å². The monoisotopic (exact) mass is 453 g/mol. The van der Waals surface area contributed by atoms with Crippen LogP contribution < -0.4 is 10.9 Å². The van der Waals surface area contributed by atoms with Gasteiger partial charge in [-0.15, -0.1) is 0 Å². The molecule has 5 nitrogen and oxygen atoms in total. The number of hydrogen-bond donors (Lipinski definition) is 3. The van der Waals surface area contributed by atoms with Crippen LogP contribution in [0.25, 0.3) is 10.9 Å². The molecule has 0 bridgehead atoms. The fraction of sp³-hybridized carbons (Fsp3) is 0.0588. The first-order valence-corrected chi connectivity index (χ1v) is 8.59.